The lowest BCUT2D eigenvalue weighted by molar-refractivity contribution is -0.128. The summed E-state index contributed by atoms with van der Waals surface area (Å²) in [5.74, 6) is 1.37. The van der Waals surface area contributed by atoms with Crippen molar-refractivity contribution >= 4 is 35.8 Å². The molecule has 0 spiro atoms. The molecule has 0 bridgehead atoms. The summed E-state index contributed by atoms with van der Waals surface area (Å²) in [6, 6.07) is 5.84. The topological polar surface area (TPSA) is 69.6 Å². The van der Waals surface area contributed by atoms with E-state index in [2.05, 4.69) is 34.5 Å². The van der Waals surface area contributed by atoms with Gasteiger partial charge in [-0.2, -0.15) is 0 Å². The van der Waals surface area contributed by atoms with Gasteiger partial charge in [-0.3, -0.25) is 14.8 Å². The maximum Gasteiger partial charge on any atom is 0.241 e. The Morgan fingerprint density at radius 3 is 2.67 bits per heavy atom. The van der Waals surface area contributed by atoms with E-state index in [1.54, 1.807) is 18.1 Å². The first-order chi connectivity index (χ1) is 12.6. The van der Waals surface area contributed by atoms with E-state index in [-0.39, 0.29) is 36.4 Å². The molecule has 1 heterocycles. The number of nitrogens with one attached hydrogen (secondary N) is 2. The molecule has 27 heavy (non-hydrogen) atoms. The summed E-state index contributed by atoms with van der Waals surface area (Å²) in [6.07, 6.45) is 7.39. The Morgan fingerprint density at radius 2 is 2.07 bits per heavy atom. The summed E-state index contributed by atoms with van der Waals surface area (Å²) in [5, 5.41) is 6.46. The van der Waals surface area contributed by atoms with E-state index < -0.39 is 0 Å². The zero-order valence-electron chi connectivity index (χ0n) is 17.2. The van der Waals surface area contributed by atoms with E-state index in [0.717, 1.165) is 25.1 Å². The number of halogens is 1. The lowest BCUT2D eigenvalue weighted by Crippen LogP contribution is -2.45. The second-order valence-electron chi connectivity index (χ2n) is 6.61. The van der Waals surface area contributed by atoms with Gasteiger partial charge in [0.1, 0.15) is 0 Å². The average Bonchev–Trinajstić information content (AvgIpc) is 2.68. The third kappa shape index (κ3) is 11.1. The van der Waals surface area contributed by atoms with Gasteiger partial charge in [-0.05, 0) is 24.5 Å². The molecule has 0 radical (unpaired) electrons. The smallest absolute Gasteiger partial charge is 0.241 e. The van der Waals surface area contributed by atoms with Crippen LogP contribution in [-0.4, -0.2) is 55.5 Å². The largest absolute Gasteiger partial charge is 0.356 e. The minimum Gasteiger partial charge on any atom is -0.356 e. The van der Waals surface area contributed by atoms with Crippen LogP contribution in [0.3, 0.4) is 0 Å². The molecule has 0 saturated carbocycles. The van der Waals surface area contributed by atoms with Crippen molar-refractivity contribution < 1.29 is 4.79 Å². The van der Waals surface area contributed by atoms with Crippen molar-refractivity contribution in [3.63, 3.8) is 0 Å². The van der Waals surface area contributed by atoms with Crippen molar-refractivity contribution in [3.05, 3.63) is 30.1 Å². The number of rotatable bonds is 11. The summed E-state index contributed by atoms with van der Waals surface area (Å²) in [4.78, 5) is 22.5. The highest BCUT2D eigenvalue weighted by molar-refractivity contribution is 14.0. The number of pyridine rings is 1. The van der Waals surface area contributed by atoms with E-state index in [9.17, 15) is 4.79 Å². The van der Waals surface area contributed by atoms with Crippen molar-refractivity contribution in [2.45, 2.75) is 46.0 Å². The highest BCUT2D eigenvalue weighted by Gasteiger charge is 2.11. The van der Waals surface area contributed by atoms with Gasteiger partial charge in [0, 0.05) is 45.5 Å². The van der Waals surface area contributed by atoms with Gasteiger partial charge in [0.25, 0.3) is 0 Å². The first-order valence-electron chi connectivity index (χ1n) is 9.69. The van der Waals surface area contributed by atoms with Crippen LogP contribution >= 0.6 is 24.0 Å². The Kier molecular flexibility index (Phi) is 14.9. The Morgan fingerprint density at radius 1 is 1.30 bits per heavy atom. The van der Waals surface area contributed by atoms with Crippen LogP contribution in [0.25, 0.3) is 0 Å². The van der Waals surface area contributed by atoms with Crippen molar-refractivity contribution in [1.82, 2.24) is 20.5 Å². The second-order valence-corrected chi connectivity index (χ2v) is 6.61. The summed E-state index contributed by atoms with van der Waals surface area (Å²) in [6.45, 7) is 6.22. The highest BCUT2D eigenvalue weighted by atomic mass is 127. The molecule has 6 nitrogen and oxygen atoms in total. The SMILES string of the molecule is CCCCC(CC)CNC(=NC)NCC(=O)N(C)CCc1ccccn1.I. The van der Waals surface area contributed by atoms with E-state index in [1.165, 1.54) is 19.3 Å². The zero-order valence-corrected chi connectivity index (χ0v) is 19.5. The summed E-state index contributed by atoms with van der Waals surface area (Å²) >= 11 is 0. The minimum atomic E-state index is 0. The van der Waals surface area contributed by atoms with Crippen LogP contribution in [0.1, 0.15) is 45.2 Å². The number of guanidine groups is 1. The number of hydrogen-bond acceptors (Lipinski definition) is 3. The number of aliphatic imine (C=N–C) groups is 1. The quantitative estimate of drug-likeness (QED) is 0.285. The number of aromatic nitrogens is 1. The lowest BCUT2D eigenvalue weighted by atomic mass is 9.99. The number of carbonyl (C=O) groups is 1. The maximum atomic E-state index is 12.3. The molecule has 1 atom stereocenters. The van der Waals surface area contributed by atoms with Crippen LogP contribution in [0.15, 0.2) is 29.4 Å². The van der Waals surface area contributed by atoms with Gasteiger partial charge < -0.3 is 15.5 Å². The number of nitrogens with zero attached hydrogens (tertiary/aromatic N) is 3. The van der Waals surface area contributed by atoms with Crippen LogP contribution in [0.5, 0.6) is 0 Å². The molecule has 7 heteroatoms. The van der Waals surface area contributed by atoms with Gasteiger partial charge in [-0.25, -0.2) is 0 Å². The van der Waals surface area contributed by atoms with Gasteiger partial charge in [-0.1, -0.05) is 39.2 Å². The van der Waals surface area contributed by atoms with Gasteiger partial charge >= 0.3 is 0 Å². The molecule has 1 aromatic rings. The normalized spacial score (nSPS) is 12.1. The predicted octanol–water partition coefficient (Wildman–Crippen LogP) is 3.08. The van der Waals surface area contributed by atoms with E-state index in [4.69, 9.17) is 0 Å². The molecule has 0 aliphatic rings. The molecule has 0 saturated heterocycles. The van der Waals surface area contributed by atoms with E-state index >= 15 is 0 Å². The van der Waals surface area contributed by atoms with Gasteiger partial charge in [0.15, 0.2) is 5.96 Å². The fourth-order valence-electron chi connectivity index (χ4n) is 2.65. The maximum absolute atomic E-state index is 12.3. The fourth-order valence-corrected chi connectivity index (χ4v) is 2.65. The number of carbonyl (C=O) groups excluding carboxylic acids is 1. The van der Waals surface area contributed by atoms with Crippen LogP contribution in [-0.2, 0) is 11.2 Å². The molecule has 1 aromatic heterocycles. The van der Waals surface area contributed by atoms with Crippen LogP contribution in [0.4, 0.5) is 0 Å². The second kappa shape index (κ2) is 15.7. The van der Waals surface area contributed by atoms with E-state index in [0.29, 0.717) is 18.4 Å². The summed E-state index contributed by atoms with van der Waals surface area (Å²) in [5.41, 5.74) is 0.996. The summed E-state index contributed by atoms with van der Waals surface area (Å²) < 4.78 is 0. The average molecular weight is 489 g/mol. The Labute approximate surface area is 181 Å². The van der Waals surface area contributed by atoms with Gasteiger partial charge in [0.2, 0.25) is 5.91 Å². The monoisotopic (exact) mass is 489 g/mol. The predicted molar refractivity (Wildman–Crippen MR) is 124 cm³/mol. The van der Waals surface area contributed by atoms with E-state index in [1.807, 2.05) is 25.2 Å². The molecule has 1 unspecified atom stereocenters. The fraction of sp³-hybridized carbons (Fsp3) is 0.650. The van der Waals surface area contributed by atoms with Crippen molar-refractivity contribution in [2.24, 2.45) is 10.9 Å². The molecule has 0 aliphatic heterocycles. The zero-order chi connectivity index (χ0) is 19.2. The number of unbranched alkanes of at least 4 members (excludes halogenated alkanes) is 1. The van der Waals surface area contributed by atoms with Crippen molar-refractivity contribution in [2.75, 3.05) is 33.7 Å². The molecule has 2 N–H and O–H groups in total. The first kappa shape index (κ1) is 25.6. The Hall–Kier alpha value is -1.38. The molecule has 154 valence electrons. The standard InChI is InChI=1S/C20H35N5O.HI/c1-5-7-10-17(6-2)15-23-20(21-3)24-16-19(26)25(4)14-12-18-11-8-9-13-22-18;/h8-9,11,13,17H,5-7,10,12,14-16H2,1-4H3,(H2,21,23,24);1H. The molecular weight excluding hydrogens is 453 g/mol. The lowest BCUT2D eigenvalue weighted by Gasteiger charge is -2.20. The van der Waals surface area contributed by atoms with Gasteiger partial charge in [0.05, 0.1) is 6.54 Å². The van der Waals surface area contributed by atoms with Crippen molar-refractivity contribution in [3.8, 4) is 0 Å². The molecule has 0 aliphatic carbocycles. The Balaban J connectivity index is 0.00000676. The number of amides is 1. The minimum absolute atomic E-state index is 0. The molecule has 0 aromatic carbocycles. The number of hydrogen-bond donors (Lipinski definition) is 2. The van der Waals surface area contributed by atoms with Crippen molar-refractivity contribution in [1.29, 1.82) is 0 Å². The molecule has 1 amide bonds. The van der Waals surface area contributed by atoms with Crippen LogP contribution in [0.2, 0.25) is 0 Å². The third-order valence-electron chi connectivity index (χ3n) is 4.59. The molecule has 0 fully saturated rings. The summed E-state index contributed by atoms with van der Waals surface area (Å²) in [7, 11) is 3.55. The van der Waals surface area contributed by atoms with Crippen LogP contribution in [0, 0.1) is 5.92 Å². The first-order valence-corrected chi connectivity index (χ1v) is 9.69. The molecule has 1 rings (SSSR count). The van der Waals surface area contributed by atoms with Gasteiger partial charge in [-0.15, -0.1) is 24.0 Å². The third-order valence-corrected chi connectivity index (χ3v) is 4.59. The number of likely N-dealkylation sites (N-methyl/N-ethyl adjacent to an activating group) is 1. The van der Waals surface area contributed by atoms with Crippen LogP contribution < -0.4 is 10.6 Å². The Bertz CT molecular complexity index is 538. The highest BCUT2D eigenvalue weighted by Crippen LogP contribution is 2.10. The molecular formula is C20H36IN5O.